The molecule has 6 nitrogen and oxygen atoms in total. The van der Waals surface area contributed by atoms with Crippen molar-refractivity contribution in [1.29, 1.82) is 0 Å². The number of hydrogen-bond acceptors (Lipinski definition) is 4. The van der Waals surface area contributed by atoms with Gasteiger partial charge in [-0.3, -0.25) is 9.59 Å². The standard InChI is InChI=1S/C18H16F2N4O2/c1-11(13-3-7-15(19)8-4-13)21-23-17(25)18(26)24-22-12(2)14-5-9-16(20)10-6-14/h3-10H,1-2H3,(H,23,25)(H,24,26). The molecule has 0 saturated heterocycles. The summed E-state index contributed by atoms with van der Waals surface area (Å²) in [6.45, 7) is 3.20. The van der Waals surface area contributed by atoms with Gasteiger partial charge in [0.15, 0.2) is 0 Å². The number of nitrogens with zero attached hydrogens (tertiary/aromatic N) is 2. The van der Waals surface area contributed by atoms with Crippen LogP contribution in [0.25, 0.3) is 0 Å². The minimum absolute atomic E-state index is 0.389. The lowest BCUT2D eigenvalue weighted by Gasteiger charge is -2.04. The first-order chi connectivity index (χ1) is 12.4. The third-order valence-electron chi connectivity index (χ3n) is 3.38. The van der Waals surface area contributed by atoms with Crippen molar-refractivity contribution >= 4 is 23.2 Å². The quantitative estimate of drug-likeness (QED) is 0.500. The molecule has 2 aromatic carbocycles. The van der Waals surface area contributed by atoms with E-state index in [1.54, 1.807) is 13.8 Å². The monoisotopic (exact) mass is 358 g/mol. The maximum atomic E-state index is 12.9. The van der Waals surface area contributed by atoms with Crippen LogP contribution in [0.3, 0.4) is 0 Å². The maximum absolute atomic E-state index is 12.9. The minimum Gasteiger partial charge on any atom is -0.262 e. The molecule has 0 aliphatic rings. The summed E-state index contributed by atoms with van der Waals surface area (Å²) in [6, 6.07) is 11.0. The van der Waals surface area contributed by atoms with Crippen molar-refractivity contribution in [3.8, 4) is 0 Å². The van der Waals surface area contributed by atoms with Gasteiger partial charge in [0, 0.05) is 0 Å². The fraction of sp³-hybridized carbons (Fsp3) is 0.111. The number of benzene rings is 2. The predicted octanol–water partition coefficient (Wildman–Crippen LogP) is 2.35. The molecular weight excluding hydrogens is 342 g/mol. The van der Waals surface area contributed by atoms with E-state index in [0.717, 1.165) is 0 Å². The van der Waals surface area contributed by atoms with Crippen molar-refractivity contribution in [1.82, 2.24) is 10.9 Å². The SMILES string of the molecule is CC(=NNC(=O)C(=O)NN=C(C)c1ccc(F)cc1)c1ccc(F)cc1. The Morgan fingerprint density at radius 3 is 1.31 bits per heavy atom. The van der Waals surface area contributed by atoms with E-state index in [4.69, 9.17) is 0 Å². The lowest BCUT2D eigenvalue weighted by molar-refractivity contribution is -0.139. The molecule has 0 bridgehead atoms. The predicted molar refractivity (Wildman–Crippen MR) is 93.5 cm³/mol. The van der Waals surface area contributed by atoms with Crippen LogP contribution in [-0.4, -0.2) is 23.2 Å². The summed E-state index contributed by atoms with van der Waals surface area (Å²) in [5.41, 5.74) is 6.17. The number of hydrazone groups is 2. The highest BCUT2D eigenvalue weighted by atomic mass is 19.1. The van der Waals surface area contributed by atoms with E-state index in [1.807, 2.05) is 0 Å². The average Bonchev–Trinajstić information content (AvgIpc) is 2.64. The highest BCUT2D eigenvalue weighted by molar-refractivity contribution is 6.35. The summed E-state index contributed by atoms with van der Waals surface area (Å²) in [7, 11) is 0. The number of carbonyl (C=O) groups is 2. The molecule has 8 heteroatoms. The second-order valence-electron chi connectivity index (χ2n) is 5.29. The van der Waals surface area contributed by atoms with Gasteiger partial charge in [-0.1, -0.05) is 24.3 Å². The average molecular weight is 358 g/mol. The normalized spacial score (nSPS) is 11.8. The third kappa shape index (κ3) is 5.30. The molecule has 0 aliphatic heterocycles. The molecule has 0 saturated carbocycles. The Bertz CT molecular complexity index is 786. The summed E-state index contributed by atoms with van der Waals surface area (Å²) >= 11 is 0. The van der Waals surface area contributed by atoms with Crippen molar-refractivity contribution in [3.63, 3.8) is 0 Å². The zero-order valence-corrected chi connectivity index (χ0v) is 14.1. The molecule has 0 radical (unpaired) electrons. The van der Waals surface area contributed by atoms with E-state index < -0.39 is 11.8 Å². The van der Waals surface area contributed by atoms with E-state index >= 15 is 0 Å². The maximum Gasteiger partial charge on any atom is 0.331 e. The van der Waals surface area contributed by atoms with E-state index in [9.17, 15) is 18.4 Å². The fourth-order valence-electron chi connectivity index (χ4n) is 1.88. The number of nitrogens with one attached hydrogen (secondary N) is 2. The molecular formula is C18H16F2N4O2. The van der Waals surface area contributed by atoms with Gasteiger partial charge in [-0.25, -0.2) is 19.6 Å². The molecule has 0 fully saturated rings. The second-order valence-corrected chi connectivity index (χ2v) is 5.29. The Morgan fingerprint density at radius 2 is 1.00 bits per heavy atom. The summed E-state index contributed by atoms with van der Waals surface area (Å²) in [6.07, 6.45) is 0. The zero-order valence-electron chi connectivity index (χ0n) is 14.1. The molecule has 0 heterocycles. The summed E-state index contributed by atoms with van der Waals surface area (Å²) in [5, 5.41) is 7.57. The summed E-state index contributed by atoms with van der Waals surface area (Å²) in [4.78, 5) is 23.4. The van der Waals surface area contributed by atoms with Crippen LogP contribution in [0, 0.1) is 11.6 Å². The summed E-state index contributed by atoms with van der Waals surface area (Å²) in [5.74, 6) is -2.80. The molecule has 2 aromatic rings. The Balaban J connectivity index is 1.93. The van der Waals surface area contributed by atoms with Crippen LogP contribution in [0.1, 0.15) is 25.0 Å². The number of hydrogen-bond donors (Lipinski definition) is 2. The van der Waals surface area contributed by atoms with Gasteiger partial charge < -0.3 is 0 Å². The van der Waals surface area contributed by atoms with Crippen LogP contribution in [0.2, 0.25) is 0 Å². The van der Waals surface area contributed by atoms with Gasteiger partial charge in [0.1, 0.15) is 11.6 Å². The Hall–Kier alpha value is -3.42. The van der Waals surface area contributed by atoms with Crippen molar-refractivity contribution in [3.05, 3.63) is 71.3 Å². The van der Waals surface area contributed by atoms with Crippen LogP contribution in [0.15, 0.2) is 58.7 Å². The molecule has 0 spiro atoms. The lowest BCUT2D eigenvalue weighted by atomic mass is 10.1. The van der Waals surface area contributed by atoms with Crippen molar-refractivity contribution in [2.24, 2.45) is 10.2 Å². The van der Waals surface area contributed by atoms with E-state index in [0.29, 0.717) is 22.6 Å². The van der Waals surface area contributed by atoms with Gasteiger partial charge in [-0.2, -0.15) is 10.2 Å². The van der Waals surface area contributed by atoms with Crippen LogP contribution < -0.4 is 10.9 Å². The van der Waals surface area contributed by atoms with Gasteiger partial charge in [0.05, 0.1) is 11.4 Å². The first-order valence-corrected chi connectivity index (χ1v) is 7.57. The molecule has 2 N–H and O–H groups in total. The molecule has 0 aliphatic carbocycles. The number of carbonyl (C=O) groups excluding carboxylic acids is 2. The minimum atomic E-state index is -1.01. The Morgan fingerprint density at radius 1 is 0.692 bits per heavy atom. The molecule has 134 valence electrons. The van der Waals surface area contributed by atoms with E-state index in [-0.39, 0.29) is 11.6 Å². The van der Waals surface area contributed by atoms with Gasteiger partial charge in [0.25, 0.3) is 0 Å². The smallest absolute Gasteiger partial charge is 0.262 e. The van der Waals surface area contributed by atoms with E-state index in [2.05, 4.69) is 21.1 Å². The molecule has 26 heavy (non-hydrogen) atoms. The van der Waals surface area contributed by atoms with Crippen LogP contribution >= 0.6 is 0 Å². The molecule has 0 unspecified atom stereocenters. The van der Waals surface area contributed by atoms with Crippen LogP contribution in [-0.2, 0) is 9.59 Å². The van der Waals surface area contributed by atoms with Gasteiger partial charge in [0.2, 0.25) is 0 Å². The molecule has 0 aromatic heterocycles. The molecule has 2 rings (SSSR count). The van der Waals surface area contributed by atoms with Crippen LogP contribution in [0.4, 0.5) is 8.78 Å². The largest absolute Gasteiger partial charge is 0.331 e. The van der Waals surface area contributed by atoms with Gasteiger partial charge in [-0.05, 0) is 49.2 Å². The Labute approximate surface area is 148 Å². The van der Waals surface area contributed by atoms with Crippen LogP contribution in [0.5, 0.6) is 0 Å². The van der Waals surface area contributed by atoms with Gasteiger partial charge in [-0.15, -0.1) is 0 Å². The first-order valence-electron chi connectivity index (χ1n) is 7.57. The molecule has 0 atom stereocenters. The Kier molecular flexibility index (Phi) is 6.26. The topological polar surface area (TPSA) is 82.9 Å². The zero-order chi connectivity index (χ0) is 19.1. The highest BCUT2D eigenvalue weighted by Crippen LogP contribution is 2.04. The first kappa shape index (κ1) is 18.9. The fourth-order valence-corrected chi connectivity index (χ4v) is 1.88. The number of halogens is 2. The van der Waals surface area contributed by atoms with Crippen molar-refractivity contribution in [2.45, 2.75) is 13.8 Å². The lowest BCUT2D eigenvalue weighted by Crippen LogP contribution is -2.36. The number of rotatable bonds is 4. The molecule has 2 amide bonds. The van der Waals surface area contributed by atoms with E-state index in [1.165, 1.54) is 48.5 Å². The van der Waals surface area contributed by atoms with Crippen molar-refractivity contribution in [2.75, 3.05) is 0 Å². The van der Waals surface area contributed by atoms with Crippen molar-refractivity contribution < 1.29 is 18.4 Å². The highest BCUT2D eigenvalue weighted by Gasteiger charge is 2.12. The van der Waals surface area contributed by atoms with Gasteiger partial charge >= 0.3 is 11.8 Å². The third-order valence-corrected chi connectivity index (χ3v) is 3.38. The summed E-state index contributed by atoms with van der Waals surface area (Å²) < 4.78 is 25.7. The number of amides is 2. The second kappa shape index (κ2) is 8.61.